The molecule has 0 spiro atoms. The van der Waals surface area contributed by atoms with Gasteiger partial charge < -0.3 is 5.11 Å². The highest BCUT2D eigenvalue weighted by molar-refractivity contribution is 6.33. The van der Waals surface area contributed by atoms with Crippen LogP contribution in [0.4, 0.5) is 5.82 Å². The number of carboxylic acids is 1. The second kappa shape index (κ2) is 3.75. The molecular formula is C7H9ClN3O3+. The summed E-state index contributed by atoms with van der Waals surface area (Å²) in [4.78, 5) is 21.3. The molecule has 0 saturated heterocycles. The summed E-state index contributed by atoms with van der Waals surface area (Å²) in [6.07, 6.45) is 0. The lowest BCUT2D eigenvalue weighted by Gasteiger charge is -1.92. The van der Waals surface area contributed by atoms with Crippen molar-refractivity contribution in [3.63, 3.8) is 0 Å². The summed E-state index contributed by atoms with van der Waals surface area (Å²) in [5, 5.41) is 12.5. The number of halogens is 1. The van der Waals surface area contributed by atoms with Gasteiger partial charge in [0.05, 0.1) is 10.8 Å². The molecule has 0 fully saturated rings. The Hall–Kier alpha value is -1.43. The normalized spacial score (nSPS) is 10.2. The molecule has 1 heterocycles. The van der Waals surface area contributed by atoms with Gasteiger partial charge in [0.15, 0.2) is 11.6 Å². The Morgan fingerprint density at radius 2 is 2.29 bits per heavy atom. The van der Waals surface area contributed by atoms with E-state index in [4.69, 9.17) is 16.7 Å². The lowest BCUT2D eigenvalue weighted by atomic mass is 10.4. The monoisotopic (exact) mass is 218 g/mol. The molecule has 6 nitrogen and oxygen atoms in total. The molecule has 0 aliphatic rings. The van der Waals surface area contributed by atoms with E-state index in [0.717, 1.165) is 0 Å². The number of carboxylic acid groups (broad SMARTS) is 1. The number of nitroso groups, excluding NO2 is 1. The van der Waals surface area contributed by atoms with Crippen molar-refractivity contribution in [3.05, 3.63) is 15.6 Å². The van der Waals surface area contributed by atoms with Crippen LogP contribution in [0.3, 0.4) is 0 Å². The minimum Gasteiger partial charge on any atom is -0.480 e. The summed E-state index contributed by atoms with van der Waals surface area (Å²) in [5.41, 5.74) is 0.465. The summed E-state index contributed by atoms with van der Waals surface area (Å²) in [5.74, 6) is -1.00. The molecule has 0 radical (unpaired) electrons. The van der Waals surface area contributed by atoms with Gasteiger partial charge >= 0.3 is 11.8 Å². The van der Waals surface area contributed by atoms with Crippen LogP contribution in [0.5, 0.6) is 0 Å². The Balaban J connectivity index is 3.15. The Morgan fingerprint density at radius 3 is 2.64 bits per heavy atom. The van der Waals surface area contributed by atoms with E-state index in [0.29, 0.717) is 10.5 Å². The number of rotatable bonds is 3. The lowest BCUT2D eigenvalue weighted by Crippen LogP contribution is -2.11. The average Bonchev–Trinajstić information content (AvgIpc) is 2.32. The smallest absolute Gasteiger partial charge is 0.406 e. The maximum absolute atomic E-state index is 10.9. The van der Waals surface area contributed by atoms with Gasteiger partial charge in [0, 0.05) is 0 Å². The van der Waals surface area contributed by atoms with Crippen LogP contribution in [0, 0.1) is 11.8 Å². The molecule has 1 aromatic rings. The zero-order valence-corrected chi connectivity index (χ0v) is 8.45. The van der Waals surface area contributed by atoms with Gasteiger partial charge in [-0.1, -0.05) is 16.5 Å². The first-order valence-electron chi connectivity index (χ1n) is 3.79. The van der Waals surface area contributed by atoms with E-state index in [9.17, 15) is 9.70 Å². The van der Waals surface area contributed by atoms with Crippen molar-refractivity contribution >= 4 is 23.4 Å². The van der Waals surface area contributed by atoms with Gasteiger partial charge in [-0.25, -0.2) is 0 Å². The lowest BCUT2D eigenvalue weighted by molar-refractivity contribution is -0.432. The zero-order chi connectivity index (χ0) is 10.9. The summed E-state index contributed by atoms with van der Waals surface area (Å²) in [7, 11) is 1.25. The standard InChI is InChI=1S/C7H8ClN3O3/c1-4-6(8)7(10(2)14)9-11(4)3-5(12)13/h3H2,1-2H3/p+1. The summed E-state index contributed by atoms with van der Waals surface area (Å²) < 4.78 is 1.67. The number of carbonyl (C=O) groups is 1. The fourth-order valence-corrected chi connectivity index (χ4v) is 1.25. The SMILES string of the molecule is Cc1c(Cl)c([N+](C)=O)nn1CC(=O)O. The van der Waals surface area contributed by atoms with Crippen molar-refractivity contribution in [2.24, 2.45) is 0 Å². The molecule has 0 aliphatic carbocycles. The van der Waals surface area contributed by atoms with Gasteiger partial charge in [-0.3, -0.25) is 4.79 Å². The highest BCUT2D eigenvalue weighted by Gasteiger charge is 2.25. The third-order valence-corrected chi connectivity index (χ3v) is 2.14. The molecule has 1 aromatic heterocycles. The number of nitrogens with zero attached hydrogens (tertiary/aromatic N) is 3. The van der Waals surface area contributed by atoms with Crippen LogP contribution in [-0.2, 0) is 11.3 Å². The molecule has 7 heteroatoms. The molecule has 1 N–H and O–H groups in total. The summed E-state index contributed by atoms with van der Waals surface area (Å²) in [6, 6.07) is 0. The van der Waals surface area contributed by atoms with E-state index in [2.05, 4.69) is 5.10 Å². The second-order valence-electron chi connectivity index (χ2n) is 2.77. The topological polar surface area (TPSA) is 75.2 Å². The Morgan fingerprint density at radius 1 is 1.71 bits per heavy atom. The second-order valence-corrected chi connectivity index (χ2v) is 3.15. The van der Waals surface area contributed by atoms with Gasteiger partial charge in [0.25, 0.3) is 0 Å². The molecular weight excluding hydrogens is 210 g/mol. The van der Waals surface area contributed by atoms with Crippen molar-refractivity contribution in [2.45, 2.75) is 13.5 Å². The molecule has 0 saturated carbocycles. The fraction of sp³-hybridized carbons (Fsp3) is 0.429. The van der Waals surface area contributed by atoms with Gasteiger partial charge in [0.2, 0.25) is 0 Å². The number of aliphatic carboxylic acids is 1. The third-order valence-electron chi connectivity index (χ3n) is 1.70. The predicted molar refractivity (Wildman–Crippen MR) is 48.8 cm³/mol. The Bertz CT molecular complexity index is 399. The van der Waals surface area contributed by atoms with E-state index < -0.39 is 5.97 Å². The molecule has 0 atom stereocenters. The third kappa shape index (κ3) is 1.90. The van der Waals surface area contributed by atoms with Crippen LogP contribution in [0.2, 0.25) is 5.02 Å². The van der Waals surface area contributed by atoms with E-state index in [-0.39, 0.29) is 17.4 Å². The molecule has 1 rings (SSSR count). The van der Waals surface area contributed by atoms with Gasteiger partial charge in [0.1, 0.15) is 7.05 Å². The van der Waals surface area contributed by atoms with E-state index >= 15 is 0 Å². The Kier molecular flexibility index (Phi) is 2.85. The molecule has 76 valence electrons. The van der Waals surface area contributed by atoms with Crippen LogP contribution in [-0.4, -0.2) is 32.7 Å². The van der Waals surface area contributed by atoms with Crippen LogP contribution < -0.4 is 0 Å². The van der Waals surface area contributed by atoms with Gasteiger partial charge in [-0.15, -0.1) is 0 Å². The van der Waals surface area contributed by atoms with Crippen molar-refractivity contribution in [2.75, 3.05) is 7.05 Å². The largest absolute Gasteiger partial charge is 0.480 e. The minimum atomic E-state index is -1.03. The zero-order valence-electron chi connectivity index (χ0n) is 7.69. The fourth-order valence-electron chi connectivity index (χ4n) is 0.992. The highest BCUT2D eigenvalue weighted by Crippen LogP contribution is 2.25. The molecule has 0 amide bonds. The van der Waals surface area contributed by atoms with E-state index in [1.165, 1.54) is 11.7 Å². The minimum absolute atomic E-state index is 0.0328. The number of hydrogen-bond donors (Lipinski definition) is 1. The quantitative estimate of drug-likeness (QED) is 0.767. The number of aromatic nitrogens is 2. The van der Waals surface area contributed by atoms with Gasteiger partial charge in [-0.2, -0.15) is 4.68 Å². The first-order valence-corrected chi connectivity index (χ1v) is 4.17. The maximum Gasteiger partial charge on any atom is 0.406 e. The van der Waals surface area contributed by atoms with E-state index in [1.807, 2.05) is 0 Å². The van der Waals surface area contributed by atoms with Crippen molar-refractivity contribution in [1.82, 2.24) is 9.78 Å². The Labute approximate surface area is 84.7 Å². The maximum atomic E-state index is 10.9. The highest BCUT2D eigenvalue weighted by atomic mass is 35.5. The predicted octanol–water partition coefficient (Wildman–Crippen LogP) is 0.970. The van der Waals surface area contributed by atoms with E-state index in [1.54, 1.807) is 6.92 Å². The van der Waals surface area contributed by atoms with Crippen LogP contribution in [0.1, 0.15) is 5.69 Å². The van der Waals surface area contributed by atoms with Gasteiger partial charge in [-0.05, 0) is 11.7 Å². The first-order chi connectivity index (χ1) is 6.43. The number of hydrogen-bond acceptors (Lipinski definition) is 3. The molecule has 0 unspecified atom stereocenters. The van der Waals surface area contributed by atoms with Crippen LogP contribution in [0.25, 0.3) is 0 Å². The molecule has 0 bridgehead atoms. The van der Waals surface area contributed by atoms with Crippen molar-refractivity contribution < 1.29 is 14.7 Å². The first kappa shape index (κ1) is 10.6. The van der Waals surface area contributed by atoms with Crippen LogP contribution >= 0.6 is 11.6 Å². The summed E-state index contributed by atoms with van der Waals surface area (Å²) >= 11 is 5.77. The molecule has 0 aliphatic heterocycles. The van der Waals surface area contributed by atoms with Crippen molar-refractivity contribution in [3.8, 4) is 0 Å². The molecule has 0 aromatic carbocycles. The summed E-state index contributed by atoms with van der Waals surface area (Å²) in [6.45, 7) is 1.30. The van der Waals surface area contributed by atoms with Crippen molar-refractivity contribution in [1.29, 1.82) is 0 Å². The molecule has 14 heavy (non-hydrogen) atoms. The average molecular weight is 219 g/mol. The van der Waals surface area contributed by atoms with Crippen LogP contribution in [0.15, 0.2) is 0 Å².